The molecule has 0 fully saturated rings. The average Bonchev–Trinajstić information content (AvgIpc) is 2.29. The predicted molar refractivity (Wildman–Crippen MR) is 68.3 cm³/mol. The van der Waals surface area contributed by atoms with Crippen molar-refractivity contribution in [1.82, 2.24) is 0 Å². The standard InChI is InChI=1S/C15H16O2/c1-15(2,11-6-4-3-5-7-11)12-8-13(16)10-14(17)9-12/h3-10,16-17H,1-2H3. The van der Waals surface area contributed by atoms with Gasteiger partial charge in [-0.15, -0.1) is 0 Å². The molecule has 0 saturated heterocycles. The van der Waals surface area contributed by atoms with Crippen molar-refractivity contribution in [2.24, 2.45) is 0 Å². The van der Waals surface area contributed by atoms with Gasteiger partial charge in [-0.25, -0.2) is 0 Å². The molecule has 2 aromatic rings. The Balaban J connectivity index is 2.51. The zero-order chi connectivity index (χ0) is 12.5. The summed E-state index contributed by atoms with van der Waals surface area (Å²) in [5.41, 5.74) is 1.78. The summed E-state index contributed by atoms with van der Waals surface area (Å²) in [4.78, 5) is 0. The third kappa shape index (κ3) is 2.26. The van der Waals surface area contributed by atoms with Crippen LogP contribution in [0.4, 0.5) is 0 Å². The number of phenolic OH excluding ortho intramolecular Hbond substituents is 2. The number of aromatic hydroxyl groups is 2. The van der Waals surface area contributed by atoms with Crippen LogP contribution in [0.25, 0.3) is 0 Å². The second-order valence-electron chi connectivity index (χ2n) is 4.73. The van der Waals surface area contributed by atoms with Gasteiger partial charge in [-0.05, 0) is 23.3 Å². The summed E-state index contributed by atoms with van der Waals surface area (Å²) < 4.78 is 0. The predicted octanol–water partition coefficient (Wildman–Crippen LogP) is 3.42. The highest BCUT2D eigenvalue weighted by Crippen LogP contribution is 2.35. The highest BCUT2D eigenvalue weighted by molar-refractivity contribution is 5.45. The van der Waals surface area contributed by atoms with Crippen LogP contribution in [0.3, 0.4) is 0 Å². The Bertz CT molecular complexity index is 495. The lowest BCUT2D eigenvalue weighted by Crippen LogP contribution is -2.18. The fraction of sp³-hybridized carbons (Fsp3) is 0.200. The highest BCUT2D eigenvalue weighted by atomic mass is 16.3. The Labute approximate surface area is 101 Å². The lowest BCUT2D eigenvalue weighted by molar-refractivity contribution is 0.446. The van der Waals surface area contributed by atoms with Gasteiger partial charge in [0.05, 0.1) is 0 Å². The number of rotatable bonds is 2. The van der Waals surface area contributed by atoms with Gasteiger partial charge in [0, 0.05) is 11.5 Å². The minimum absolute atomic E-state index is 0.0870. The fourth-order valence-corrected chi connectivity index (χ4v) is 1.98. The van der Waals surface area contributed by atoms with E-state index in [4.69, 9.17) is 0 Å². The van der Waals surface area contributed by atoms with E-state index < -0.39 is 0 Å². The highest BCUT2D eigenvalue weighted by Gasteiger charge is 2.23. The van der Waals surface area contributed by atoms with Crippen molar-refractivity contribution in [2.45, 2.75) is 19.3 Å². The molecule has 2 rings (SSSR count). The number of benzene rings is 2. The van der Waals surface area contributed by atoms with E-state index in [1.54, 1.807) is 12.1 Å². The van der Waals surface area contributed by atoms with Crippen molar-refractivity contribution in [1.29, 1.82) is 0 Å². The molecular formula is C15H16O2. The number of phenols is 2. The summed E-state index contributed by atoms with van der Waals surface area (Å²) >= 11 is 0. The zero-order valence-corrected chi connectivity index (χ0v) is 10.0. The number of hydrogen-bond donors (Lipinski definition) is 2. The minimum Gasteiger partial charge on any atom is -0.508 e. The maximum atomic E-state index is 9.54. The molecule has 2 nitrogen and oxygen atoms in total. The van der Waals surface area contributed by atoms with Gasteiger partial charge in [-0.3, -0.25) is 0 Å². The minimum atomic E-state index is -0.252. The molecule has 0 amide bonds. The van der Waals surface area contributed by atoms with Gasteiger partial charge in [-0.1, -0.05) is 44.2 Å². The Morgan fingerprint density at radius 2 is 1.29 bits per heavy atom. The molecule has 0 bridgehead atoms. The van der Waals surface area contributed by atoms with Crippen LogP contribution >= 0.6 is 0 Å². The van der Waals surface area contributed by atoms with E-state index in [0.29, 0.717) is 0 Å². The van der Waals surface area contributed by atoms with Crippen molar-refractivity contribution in [2.75, 3.05) is 0 Å². The van der Waals surface area contributed by atoms with Gasteiger partial charge >= 0.3 is 0 Å². The van der Waals surface area contributed by atoms with Crippen LogP contribution in [0, 0.1) is 0 Å². The van der Waals surface area contributed by atoms with Crippen molar-refractivity contribution < 1.29 is 10.2 Å². The van der Waals surface area contributed by atoms with Crippen LogP contribution in [-0.4, -0.2) is 10.2 Å². The van der Waals surface area contributed by atoms with Gasteiger partial charge in [0.1, 0.15) is 11.5 Å². The second-order valence-corrected chi connectivity index (χ2v) is 4.73. The zero-order valence-electron chi connectivity index (χ0n) is 10.0. The maximum absolute atomic E-state index is 9.54. The van der Waals surface area contributed by atoms with Crippen LogP contribution in [0.1, 0.15) is 25.0 Å². The first-order valence-corrected chi connectivity index (χ1v) is 5.59. The number of hydrogen-bond acceptors (Lipinski definition) is 2. The summed E-state index contributed by atoms with van der Waals surface area (Å²) in [6.45, 7) is 4.13. The summed E-state index contributed by atoms with van der Waals surface area (Å²) in [6.07, 6.45) is 0. The third-order valence-electron chi connectivity index (χ3n) is 3.12. The van der Waals surface area contributed by atoms with Crippen LogP contribution < -0.4 is 0 Å². The first kappa shape index (κ1) is 11.5. The molecular weight excluding hydrogens is 212 g/mol. The van der Waals surface area contributed by atoms with Crippen molar-refractivity contribution in [3.05, 3.63) is 59.7 Å². The van der Waals surface area contributed by atoms with Gasteiger partial charge in [0.25, 0.3) is 0 Å². The topological polar surface area (TPSA) is 40.5 Å². The van der Waals surface area contributed by atoms with Gasteiger partial charge in [0.2, 0.25) is 0 Å². The summed E-state index contributed by atoms with van der Waals surface area (Å²) in [5.74, 6) is 0.174. The first-order valence-electron chi connectivity index (χ1n) is 5.59. The molecule has 2 heteroatoms. The van der Waals surface area contributed by atoms with Gasteiger partial charge < -0.3 is 10.2 Å². The molecule has 0 aromatic heterocycles. The molecule has 0 heterocycles. The van der Waals surface area contributed by atoms with Gasteiger partial charge in [0.15, 0.2) is 0 Å². The summed E-state index contributed by atoms with van der Waals surface area (Å²) in [7, 11) is 0. The van der Waals surface area contributed by atoms with E-state index in [1.807, 2.05) is 30.3 Å². The van der Waals surface area contributed by atoms with E-state index in [1.165, 1.54) is 6.07 Å². The lowest BCUT2D eigenvalue weighted by Gasteiger charge is -2.26. The van der Waals surface area contributed by atoms with E-state index >= 15 is 0 Å². The van der Waals surface area contributed by atoms with Crippen molar-refractivity contribution in [3.8, 4) is 11.5 Å². The molecule has 0 radical (unpaired) electrons. The molecule has 0 aliphatic rings. The lowest BCUT2D eigenvalue weighted by atomic mass is 9.78. The van der Waals surface area contributed by atoms with Crippen LogP contribution in [0.2, 0.25) is 0 Å². The van der Waals surface area contributed by atoms with Crippen LogP contribution in [0.15, 0.2) is 48.5 Å². The van der Waals surface area contributed by atoms with Crippen LogP contribution in [-0.2, 0) is 5.41 Å². The molecule has 88 valence electrons. The second kappa shape index (κ2) is 4.13. The average molecular weight is 228 g/mol. The van der Waals surface area contributed by atoms with E-state index in [2.05, 4.69) is 13.8 Å². The molecule has 2 aromatic carbocycles. The first-order chi connectivity index (χ1) is 8.00. The molecule has 0 saturated carbocycles. The Hall–Kier alpha value is -1.96. The quantitative estimate of drug-likeness (QED) is 0.826. The molecule has 0 aliphatic carbocycles. The molecule has 17 heavy (non-hydrogen) atoms. The molecule has 0 atom stereocenters. The summed E-state index contributed by atoms with van der Waals surface area (Å²) in [6, 6.07) is 14.7. The Morgan fingerprint density at radius 1 is 0.765 bits per heavy atom. The molecule has 0 aliphatic heterocycles. The SMILES string of the molecule is CC(C)(c1ccccc1)c1cc(O)cc(O)c1. The molecule has 0 spiro atoms. The monoisotopic (exact) mass is 228 g/mol. The van der Waals surface area contributed by atoms with Crippen LogP contribution in [0.5, 0.6) is 11.5 Å². The van der Waals surface area contributed by atoms with Crippen molar-refractivity contribution in [3.63, 3.8) is 0 Å². The molecule has 0 unspecified atom stereocenters. The smallest absolute Gasteiger partial charge is 0.119 e. The third-order valence-corrected chi connectivity index (χ3v) is 3.12. The van der Waals surface area contributed by atoms with Crippen molar-refractivity contribution >= 4 is 0 Å². The molecule has 2 N–H and O–H groups in total. The fourth-order valence-electron chi connectivity index (χ4n) is 1.98. The Morgan fingerprint density at radius 3 is 1.82 bits per heavy atom. The van der Waals surface area contributed by atoms with E-state index in [9.17, 15) is 10.2 Å². The summed E-state index contributed by atoms with van der Waals surface area (Å²) in [5, 5.41) is 19.1. The largest absolute Gasteiger partial charge is 0.508 e. The van der Waals surface area contributed by atoms with Gasteiger partial charge in [-0.2, -0.15) is 0 Å². The maximum Gasteiger partial charge on any atom is 0.119 e. The normalized spacial score (nSPS) is 11.4. The van der Waals surface area contributed by atoms with E-state index in [0.717, 1.165) is 11.1 Å². The Kier molecular flexibility index (Phi) is 2.80. The van der Waals surface area contributed by atoms with E-state index in [-0.39, 0.29) is 16.9 Å².